The second-order valence-corrected chi connectivity index (χ2v) is 8.13. The van der Waals surface area contributed by atoms with Crippen LogP contribution in [0, 0.1) is 5.92 Å². The highest BCUT2D eigenvalue weighted by Crippen LogP contribution is 2.49. The van der Waals surface area contributed by atoms with Gasteiger partial charge in [0.2, 0.25) is 5.91 Å². The summed E-state index contributed by atoms with van der Waals surface area (Å²) < 4.78 is 1.02. The Morgan fingerprint density at radius 1 is 1.23 bits per heavy atom. The molecule has 0 unspecified atom stereocenters. The number of hydrogen-bond donors (Lipinski definition) is 1. The molecule has 1 saturated heterocycles. The van der Waals surface area contributed by atoms with Gasteiger partial charge in [0.05, 0.1) is 25.1 Å². The van der Waals surface area contributed by atoms with E-state index < -0.39 is 0 Å². The predicted octanol–water partition coefficient (Wildman–Crippen LogP) is 3.39. The van der Waals surface area contributed by atoms with Crippen LogP contribution >= 0.6 is 15.9 Å². The maximum absolute atomic E-state index is 13.1. The minimum absolute atomic E-state index is 0.0343. The van der Waals surface area contributed by atoms with Gasteiger partial charge >= 0.3 is 0 Å². The molecule has 0 aliphatic carbocycles. The van der Waals surface area contributed by atoms with E-state index in [2.05, 4.69) is 33.0 Å². The van der Waals surface area contributed by atoms with Gasteiger partial charge in [0.15, 0.2) is 0 Å². The number of rotatable bonds is 3. The Kier molecular flexibility index (Phi) is 4.76. The summed E-state index contributed by atoms with van der Waals surface area (Å²) in [6, 6.07) is 16.2. The molecule has 2 aromatic carbocycles. The maximum atomic E-state index is 13.1. The molecule has 2 aliphatic rings. The zero-order valence-electron chi connectivity index (χ0n) is 14.8. The number of fused-ring (bicyclic) bond motifs is 3. The smallest absolute Gasteiger partial charge is 0.227 e. The van der Waals surface area contributed by atoms with Crippen molar-refractivity contribution in [2.24, 2.45) is 5.92 Å². The zero-order chi connectivity index (χ0) is 18.3. The molecule has 1 N–H and O–H groups in total. The van der Waals surface area contributed by atoms with Crippen LogP contribution in [0.15, 0.2) is 53.0 Å². The first-order chi connectivity index (χ1) is 12.6. The Morgan fingerprint density at radius 2 is 2.00 bits per heavy atom. The van der Waals surface area contributed by atoms with Gasteiger partial charge in [-0.3, -0.25) is 4.79 Å². The summed E-state index contributed by atoms with van der Waals surface area (Å²) in [5, 5.41) is 9.99. The molecule has 3 atom stereocenters. The quantitative estimate of drug-likeness (QED) is 0.836. The third-order valence-corrected chi connectivity index (χ3v) is 6.32. The molecule has 4 nitrogen and oxygen atoms in total. The second kappa shape index (κ2) is 7.05. The molecule has 0 saturated carbocycles. The summed E-state index contributed by atoms with van der Waals surface area (Å²) in [7, 11) is 2.04. The van der Waals surface area contributed by atoms with Gasteiger partial charge in [-0.1, -0.05) is 46.3 Å². The van der Waals surface area contributed by atoms with Gasteiger partial charge in [-0.2, -0.15) is 0 Å². The van der Waals surface area contributed by atoms with Crippen molar-refractivity contribution in [1.82, 2.24) is 4.90 Å². The molecule has 26 heavy (non-hydrogen) atoms. The number of benzene rings is 2. The first-order valence-electron chi connectivity index (χ1n) is 9.06. The van der Waals surface area contributed by atoms with E-state index in [1.165, 1.54) is 5.56 Å². The van der Waals surface area contributed by atoms with Crippen molar-refractivity contribution < 1.29 is 9.90 Å². The number of aliphatic hydroxyl groups excluding tert-OH is 1. The second-order valence-electron chi connectivity index (χ2n) is 7.21. The van der Waals surface area contributed by atoms with Crippen LogP contribution in [0.4, 0.5) is 5.69 Å². The first-order valence-corrected chi connectivity index (χ1v) is 9.86. The summed E-state index contributed by atoms with van der Waals surface area (Å²) in [4.78, 5) is 17.3. The fourth-order valence-corrected chi connectivity index (χ4v) is 4.96. The molecule has 5 heteroatoms. The number of carbonyl (C=O) groups is 1. The monoisotopic (exact) mass is 414 g/mol. The van der Waals surface area contributed by atoms with Crippen molar-refractivity contribution in [3.63, 3.8) is 0 Å². The molecular weight excluding hydrogens is 392 g/mol. The van der Waals surface area contributed by atoms with E-state index in [1.807, 2.05) is 48.3 Å². The van der Waals surface area contributed by atoms with Crippen molar-refractivity contribution >= 4 is 27.5 Å². The van der Waals surface area contributed by atoms with Gasteiger partial charge < -0.3 is 14.9 Å². The van der Waals surface area contributed by atoms with E-state index in [-0.39, 0.29) is 30.5 Å². The van der Waals surface area contributed by atoms with Crippen LogP contribution in [0.1, 0.15) is 23.6 Å². The van der Waals surface area contributed by atoms with Crippen molar-refractivity contribution in [2.45, 2.75) is 24.9 Å². The normalized spacial score (nSPS) is 24.3. The summed E-state index contributed by atoms with van der Waals surface area (Å²) in [6.45, 7) is 0.852. The summed E-state index contributed by atoms with van der Waals surface area (Å²) in [5.41, 5.74) is 3.32. The largest absolute Gasteiger partial charge is 0.394 e. The summed E-state index contributed by atoms with van der Waals surface area (Å²) in [6.07, 6.45) is 1.35. The average molecular weight is 415 g/mol. The van der Waals surface area contributed by atoms with E-state index >= 15 is 0 Å². The third-order valence-electron chi connectivity index (χ3n) is 5.83. The fourth-order valence-electron chi connectivity index (χ4n) is 4.58. The number of carbonyl (C=O) groups excluding carboxylic acids is 1. The van der Waals surface area contributed by atoms with Crippen LogP contribution in [0.25, 0.3) is 0 Å². The summed E-state index contributed by atoms with van der Waals surface area (Å²) in [5.74, 6) is 0.419. The van der Waals surface area contributed by atoms with Crippen molar-refractivity contribution in [3.8, 4) is 0 Å². The van der Waals surface area contributed by atoms with E-state index in [1.54, 1.807) is 0 Å². The van der Waals surface area contributed by atoms with Crippen LogP contribution in [-0.2, 0) is 11.2 Å². The Morgan fingerprint density at radius 3 is 2.73 bits per heavy atom. The van der Waals surface area contributed by atoms with Crippen LogP contribution in [0.2, 0.25) is 0 Å². The molecule has 136 valence electrons. The van der Waals surface area contributed by atoms with Gasteiger partial charge in [0.25, 0.3) is 0 Å². The number of nitrogens with zero attached hydrogens (tertiary/aromatic N) is 2. The van der Waals surface area contributed by atoms with Gasteiger partial charge in [0.1, 0.15) is 0 Å². The van der Waals surface area contributed by atoms with Crippen LogP contribution in [-0.4, -0.2) is 42.2 Å². The standard InChI is InChI=1S/C21H23BrN2O2/c1-23-18-8-7-15(22)12-17(18)21-16(19(23)13-25)9-10-24(21)20(26)11-14-5-3-2-4-6-14/h2-8,12,16,19,21,25H,9-11,13H2,1H3/t16-,19+,21-/m1/s1. The molecule has 0 bridgehead atoms. The van der Waals surface area contributed by atoms with E-state index in [0.29, 0.717) is 6.42 Å². The number of likely N-dealkylation sites (tertiary alicyclic amines) is 1. The van der Waals surface area contributed by atoms with Crippen molar-refractivity contribution in [1.29, 1.82) is 0 Å². The Bertz CT molecular complexity index is 811. The molecule has 4 rings (SSSR count). The van der Waals surface area contributed by atoms with Crippen LogP contribution in [0.5, 0.6) is 0 Å². The molecule has 1 fully saturated rings. The lowest BCUT2D eigenvalue weighted by atomic mass is 9.82. The van der Waals surface area contributed by atoms with Gasteiger partial charge in [-0.25, -0.2) is 0 Å². The number of anilines is 1. The molecule has 2 aliphatic heterocycles. The summed E-state index contributed by atoms with van der Waals surface area (Å²) >= 11 is 3.58. The van der Waals surface area contributed by atoms with Crippen molar-refractivity contribution in [3.05, 3.63) is 64.1 Å². The number of hydrogen-bond acceptors (Lipinski definition) is 3. The Labute approximate surface area is 162 Å². The number of likely N-dealkylation sites (N-methyl/N-ethyl adjacent to an activating group) is 1. The van der Waals surface area contributed by atoms with E-state index in [9.17, 15) is 9.90 Å². The fraction of sp³-hybridized carbons (Fsp3) is 0.381. The van der Waals surface area contributed by atoms with Crippen molar-refractivity contribution in [2.75, 3.05) is 25.1 Å². The first kappa shape index (κ1) is 17.6. The average Bonchev–Trinajstić information content (AvgIpc) is 3.08. The number of amides is 1. The van der Waals surface area contributed by atoms with Crippen LogP contribution < -0.4 is 4.90 Å². The van der Waals surface area contributed by atoms with Gasteiger partial charge in [-0.05, 0) is 35.7 Å². The minimum Gasteiger partial charge on any atom is -0.394 e. The minimum atomic E-state index is 0.0343. The molecule has 1 amide bonds. The third kappa shape index (κ3) is 2.93. The van der Waals surface area contributed by atoms with Gasteiger partial charge in [0, 0.05) is 29.7 Å². The highest BCUT2D eigenvalue weighted by Gasteiger charge is 2.47. The Balaban J connectivity index is 1.69. The number of halogens is 1. The van der Waals surface area contributed by atoms with Gasteiger partial charge in [-0.15, -0.1) is 0 Å². The topological polar surface area (TPSA) is 43.8 Å². The lowest BCUT2D eigenvalue weighted by Gasteiger charge is -2.44. The molecule has 0 aromatic heterocycles. The van der Waals surface area contributed by atoms with E-state index in [0.717, 1.165) is 28.7 Å². The molecule has 0 radical (unpaired) electrons. The van der Waals surface area contributed by atoms with E-state index in [4.69, 9.17) is 0 Å². The maximum Gasteiger partial charge on any atom is 0.227 e. The zero-order valence-corrected chi connectivity index (χ0v) is 16.4. The SMILES string of the molecule is CN1c2ccc(Br)cc2[C@H]2[C@H](CCN2C(=O)Cc2ccccc2)[C@@H]1CO. The molecule has 0 spiro atoms. The lowest BCUT2D eigenvalue weighted by Crippen LogP contribution is -2.48. The highest BCUT2D eigenvalue weighted by molar-refractivity contribution is 9.10. The number of aliphatic hydroxyl groups is 1. The highest BCUT2D eigenvalue weighted by atomic mass is 79.9. The lowest BCUT2D eigenvalue weighted by molar-refractivity contribution is -0.132. The molecule has 2 heterocycles. The molecule has 2 aromatic rings. The molecular formula is C21H23BrN2O2. The van der Waals surface area contributed by atoms with Crippen LogP contribution in [0.3, 0.4) is 0 Å². The predicted molar refractivity (Wildman–Crippen MR) is 106 cm³/mol. The Hall–Kier alpha value is -1.85.